The molecule has 17 heavy (non-hydrogen) atoms. The molecule has 0 amide bonds. The van der Waals surface area contributed by atoms with Crippen molar-refractivity contribution in [3.05, 3.63) is 28.2 Å². The molecule has 0 spiro atoms. The van der Waals surface area contributed by atoms with E-state index < -0.39 is 6.10 Å². The van der Waals surface area contributed by atoms with Gasteiger partial charge in [-0.2, -0.15) is 0 Å². The molecule has 1 N–H and O–H groups in total. The van der Waals surface area contributed by atoms with E-state index in [-0.39, 0.29) is 0 Å². The third-order valence-corrected chi connectivity index (χ3v) is 3.38. The number of nitrogens with zero attached hydrogens (tertiary/aromatic N) is 2. The first-order chi connectivity index (χ1) is 7.91. The summed E-state index contributed by atoms with van der Waals surface area (Å²) in [5, 5.41) is 9.51. The minimum Gasteiger partial charge on any atom is -0.389 e. The molecule has 1 aromatic carbocycles. The first-order valence-corrected chi connectivity index (χ1v) is 6.54. The fraction of sp³-hybridized carbons (Fsp3) is 0.538. The van der Waals surface area contributed by atoms with Crippen molar-refractivity contribution in [2.24, 2.45) is 0 Å². The molecule has 0 unspecified atom stereocenters. The molecular formula is C13H21BrN2O. The van der Waals surface area contributed by atoms with Crippen molar-refractivity contribution >= 4 is 21.6 Å². The zero-order valence-electron chi connectivity index (χ0n) is 10.9. The van der Waals surface area contributed by atoms with Crippen LogP contribution in [0.3, 0.4) is 0 Å². The summed E-state index contributed by atoms with van der Waals surface area (Å²) >= 11 is 3.56. The number of likely N-dealkylation sites (N-methyl/N-ethyl adjacent to an activating group) is 2. The largest absolute Gasteiger partial charge is 0.389 e. The quantitative estimate of drug-likeness (QED) is 0.905. The van der Waals surface area contributed by atoms with Crippen LogP contribution in [-0.2, 0) is 0 Å². The van der Waals surface area contributed by atoms with E-state index >= 15 is 0 Å². The van der Waals surface area contributed by atoms with Gasteiger partial charge >= 0.3 is 0 Å². The Hall–Kier alpha value is -0.580. The lowest BCUT2D eigenvalue weighted by molar-refractivity contribution is 0.199. The van der Waals surface area contributed by atoms with Crippen LogP contribution in [0.2, 0.25) is 0 Å². The molecule has 1 rings (SSSR count). The van der Waals surface area contributed by atoms with Crippen molar-refractivity contribution in [1.82, 2.24) is 4.90 Å². The number of aliphatic hydroxyl groups is 1. The fourth-order valence-corrected chi connectivity index (χ4v) is 2.26. The summed E-state index contributed by atoms with van der Waals surface area (Å²) in [6.45, 7) is 3.76. The lowest BCUT2D eigenvalue weighted by Gasteiger charge is -2.23. The van der Waals surface area contributed by atoms with Gasteiger partial charge in [-0.25, -0.2) is 0 Å². The number of benzene rings is 1. The van der Waals surface area contributed by atoms with E-state index in [2.05, 4.69) is 46.9 Å². The second-order valence-electron chi connectivity index (χ2n) is 4.61. The molecule has 0 saturated carbocycles. The molecular weight excluding hydrogens is 280 g/mol. The first kappa shape index (κ1) is 14.5. The second kappa shape index (κ2) is 6.38. The summed E-state index contributed by atoms with van der Waals surface area (Å²) in [5.41, 5.74) is 2.08. The van der Waals surface area contributed by atoms with Crippen molar-refractivity contribution in [3.63, 3.8) is 0 Å². The van der Waals surface area contributed by atoms with Crippen LogP contribution in [0.15, 0.2) is 22.7 Å². The van der Waals surface area contributed by atoms with E-state index in [1.165, 1.54) is 0 Å². The molecule has 0 heterocycles. The molecule has 0 aromatic heterocycles. The number of hydrogen-bond donors (Lipinski definition) is 1. The minimum atomic E-state index is -0.424. The maximum absolute atomic E-state index is 9.51. The van der Waals surface area contributed by atoms with Crippen LogP contribution < -0.4 is 4.90 Å². The number of hydrogen-bond acceptors (Lipinski definition) is 3. The highest BCUT2D eigenvalue weighted by molar-refractivity contribution is 9.10. The van der Waals surface area contributed by atoms with Crippen LogP contribution in [-0.4, -0.2) is 44.2 Å². The third-order valence-electron chi connectivity index (χ3n) is 2.75. The van der Waals surface area contributed by atoms with Gasteiger partial charge in [0.05, 0.1) is 11.8 Å². The fourth-order valence-electron chi connectivity index (χ4n) is 1.56. The van der Waals surface area contributed by atoms with E-state index in [1.54, 1.807) is 6.92 Å². The average molecular weight is 301 g/mol. The zero-order valence-corrected chi connectivity index (χ0v) is 12.5. The molecule has 0 saturated heterocycles. The molecule has 0 aliphatic carbocycles. The maximum Gasteiger partial charge on any atom is 0.0762 e. The van der Waals surface area contributed by atoms with Crippen molar-refractivity contribution in [2.45, 2.75) is 13.0 Å². The molecule has 4 heteroatoms. The van der Waals surface area contributed by atoms with Gasteiger partial charge < -0.3 is 14.9 Å². The van der Waals surface area contributed by atoms with Gasteiger partial charge in [-0.3, -0.25) is 0 Å². The van der Waals surface area contributed by atoms with Gasteiger partial charge in [-0.1, -0.05) is 6.07 Å². The lowest BCUT2D eigenvalue weighted by atomic mass is 10.1. The van der Waals surface area contributed by atoms with E-state index in [4.69, 9.17) is 0 Å². The molecule has 1 atom stereocenters. The Morgan fingerprint density at radius 1 is 1.24 bits per heavy atom. The Kier molecular flexibility index (Phi) is 5.43. The Balaban J connectivity index is 2.77. The van der Waals surface area contributed by atoms with E-state index in [9.17, 15) is 5.11 Å². The average Bonchev–Trinajstić information content (AvgIpc) is 2.25. The summed E-state index contributed by atoms with van der Waals surface area (Å²) in [6.07, 6.45) is -0.424. The SMILES string of the molecule is C[C@@H](O)c1ccc(N(C)CCN(C)C)c(Br)c1. The predicted octanol–water partition coefficient (Wildman–Crippen LogP) is 2.50. The Labute approximate surface area is 112 Å². The van der Waals surface area contributed by atoms with E-state index in [0.29, 0.717) is 0 Å². The number of halogens is 1. The first-order valence-electron chi connectivity index (χ1n) is 5.75. The molecule has 0 radical (unpaired) electrons. The van der Waals surface area contributed by atoms with Gasteiger partial charge in [0.2, 0.25) is 0 Å². The van der Waals surface area contributed by atoms with Crippen LogP contribution in [0.1, 0.15) is 18.6 Å². The molecule has 0 aliphatic rings. The van der Waals surface area contributed by atoms with Gasteiger partial charge in [-0.15, -0.1) is 0 Å². The summed E-state index contributed by atoms with van der Waals surface area (Å²) in [5.74, 6) is 0. The van der Waals surface area contributed by atoms with E-state index in [1.807, 2.05) is 18.2 Å². The normalized spacial score (nSPS) is 12.9. The molecule has 96 valence electrons. The van der Waals surface area contributed by atoms with Crippen molar-refractivity contribution in [2.75, 3.05) is 39.1 Å². The molecule has 0 bridgehead atoms. The predicted molar refractivity (Wildman–Crippen MR) is 76.6 cm³/mol. The smallest absolute Gasteiger partial charge is 0.0762 e. The third kappa shape index (κ3) is 4.30. The van der Waals surface area contributed by atoms with Gasteiger partial charge in [-0.05, 0) is 54.6 Å². The lowest BCUT2D eigenvalue weighted by Crippen LogP contribution is -2.28. The standard InChI is InChI=1S/C13H21BrN2O/c1-10(17)11-5-6-13(12(14)9-11)16(4)8-7-15(2)3/h5-6,9-10,17H,7-8H2,1-4H3/t10-/m1/s1. The number of aliphatic hydroxyl groups excluding tert-OH is 1. The minimum absolute atomic E-state index is 0.424. The summed E-state index contributed by atoms with van der Waals surface area (Å²) in [7, 11) is 6.21. The van der Waals surface area contributed by atoms with Crippen LogP contribution in [0.5, 0.6) is 0 Å². The monoisotopic (exact) mass is 300 g/mol. The number of anilines is 1. The summed E-state index contributed by atoms with van der Waals surface area (Å²) < 4.78 is 1.03. The van der Waals surface area contributed by atoms with Crippen molar-refractivity contribution in [3.8, 4) is 0 Å². The van der Waals surface area contributed by atoms with Crippen LogP contribution in [0, 0.1) is 0 Å². The molecule has 1 aromatic rings. The molecule has 0 aliphatic heterocycles. The number of rotatable bonds is 5. The van der Waals surface area contributed by atoms with Crippen molar-refractivity contribution in [1.29, 1.82) is 0 Å². The topological polar surface area (TPSA) is 26.7 Å². The molecule has 3 nitrogen and oxygen atoms in total. The van der Waals surface area contributed by atoms with Gasteiger partial charge in [0.15, 0.2) is 0 Å². The highest BCUT2D eigenvalue weighted by Crippen LogP contribution is 2.28. The Morgan fingerprint density at radius 3 is 2.35 bits per heavy atom. The van der Waals surface area contributed by atoms with Gasteiger partial charge in [0.25, 0.3) is 0 Å². The Morgan fingerprint density at radius 2 is 1.88 bits per heavy atom. The van der Waals surface area contributed by atoms with Crippen LogP contribution in [0.4, 0.5) is 5.69 Å². The Bertz CT molecular complexity index is 366. The summed E-state index contributed by atoms with van der Waals surface area (Å²) in [6, 6.07) is 5.99. The zero-order chi connectivity index (χ0) is 13.0. The highest BCUT2D eigenvalue weighted by Gasteiger charge is 2.08. The maximum atomic E-state index is 9.51. The molecule has 0 fully saturated rings. The van der Waals surface area contributed by atoms with Gasteiger partial charge in [0.1, 0.15) is 0 Å². The summed E-state index contributed by atoms with van der Waals surface area (Å²) in [4.78, 5) is 4.37. The van der Waals surface area contributed by atoms with Gasteiger partial charge in [0, 0.05) is 24.6 Å². The van der Waals surface area contributed by atoms with E-state index in [0.717, 1.165) is 28.8 Å². The highest BCUT2D eigenvalue weighted by atomic mass is 79.9. The van der Waals surface area contributed by atoms with Crippen LogP contribution >= 0.6 is 15.9 Å². The van der Waals surface area contributed by atoms with Crippen molar-refractivity contribution < 1.29 is 5.11 Å². The van der Waals surface area contributed by atoms with Crippen LogP contribution in [0.25, 0.3) is 0 Å². The second-order valence-corrected chi connectivity index (χ2v) is 5.47.